The lowest BCUT2D eigenvalue weighted by atomic mass is 10.1. The number of carbonyl (C=O) groups is 5. The molecule has 0 unspecified atom stereocenters. The van der Waals surface area contributed by atoms with Crippen LogP contribution in [-0.4, -0.2) is 66.7 Å². The van der Waals surface area contributed by atoms with E-state index >= 15 is 0 Å². The summed E-state index contributed by atoms with van der Waals surface area (Å²) in [5.41, 5.74) is 0. The van der Waals surface area contributed by atoms with Gasteiger partial charge in [-0.2, -0.15) is 0 Å². The zero-order valence-electron chi connectivity index (χ0n) is 33.7. The van der Waals surface area contributed by atoms with Crippen molar-refractivity contribution in [3.63, 3.8) is 0 Å². The second-order valence-corrected chi connectivity index (χ2v) is 13.2. The van der Waals surface area contributed by atoms with Crippen molar-refractivity contribution in [2.75, 3.05) is 26.4 Å². The van der Waals surface area contributed by atoms with E-state index in [0.29, 0.717) is 26.4 Å². The molecule has 11 heteroatoms. The number of hydrogen-bond acceptors (Lipinski definition) is 9. The van der Waals surface area contributed by atoms with Gasteiger partial charge in [-0.1, -0.05) is 156 Å². The Balaban J connectivity index is -0.000000836. The predicted molar refractivity (Wildman–Crippen MR) is 206 cm³/mol. The van der Waals surface area contributed by atoms with Gasteiger partial charge in [-0.05, 0) is 25.7 Å². The van der Waals surface area contributed by atoms with Crippen molar-refractivity contribution in [3.8, 4) is 0 Å². The van der Waals surface area contributed by atoms with Gasteiger partial charge in [0.25, 0.3) is 0 Å². The number of rotatable bonds is 34. The van der Waals surface area contributed by atoms with E-state index in [4.69, 9.17) is 34.0 Å². The van der Waals surface area contributed by atoms with E-state index in [1.165, 1.54) is 103 Å². The maximum atomic E-state index is 11.5. The summed E-state index contributed by atoms with van der Waals surface area (Å²) in [7, 11) is 0. The average Bonchev–Trinajstić information content (AvgIpc) is 3.11. The Kier molecular flexibility index (Phi) is 47.5. The number of unbranched alkanes of at least 4 members (excludes halogenated alkanes) is 20. The molecule has 0 fully saturated rings. The van der Waals surface area contributed by atoms with Gasteiger partial charge in [0.1, 0.15) is 0 Å². The van der Waals surface area contributed by atoms with E-state index < -0.39 is 6.16 Å². The molecular formula is C41H78O11. The summed E-state index contributed by atoms with van der Waals surface area (Å²) < 4.78 is 20.5. The van der Waals surface area contributed by atoms with Crippen molar-refractivity contribution < 1.29 is 53.1 Å². The maximum absolute atomic E-state index is 11.5. The van der Waals surface area contributed by atoms with Crippen LogP contribution in [0, 0.1) is 0 Å². The quantitative estimate of drug-likeness (QED) is 0.0366. The smallest absolute Gasteiger partial charge is 0.466 e. The normalized spacial score (nSPS) is 10.2. The van der Waals surface area contributed by atoms with E-state index in [1.54, 1.807) is 0 Å². The second-order valence-electron chi connectivity index (χ2n) is 13.2. The van der Waals surface area contributed by atoms with Crippen molar-refractivity contribution in [2.45, 2.75) is 207 Å². The first-order valence-electron chi connectivity index (χ1n) is 20.7. The molecule has 0 aromatic rings. The summed E-state index contributed by atoms with van der Waals surface area (Å²) in [6, 6.07) is 0. The van der Waals surface area contributed by atoms with Gasteiger partial charge in [-0.15, -0.1) is 0 Å². The SMILES string of the molecule is CCCCCCCCOC(=O)CCC(=O)OCCCCCCCC.CCCCCCCCOC(=O)CCC(=O)OCCCCCCCC.O=C(O)O. The fourth-order valence-electron chi connectivity index (χ4n) is 4.97. The molecule has 0 saturated heterocycles. The molecule has 0 heterocycles. The van der Waals surface area contributed by atoms with Crippen molar-refractivity contribution in [1.82, 2.24) is 0 Å². The lowest BCUT2D eigenvalue weighted by molar-refractivity contribution is -0.150. The van der Waals surface area contributed by atoms with Gasteiger partial charge >= 0.3 is 30.0 Å². The molecule has 0 aromatic carbocycles. The molecule has 11 nitrogen and oxygen atoms in total. The molecule has 2 N–H and O–H groups in total. The first-order chi connectivity index (χ1) is 25.1. The molecule has 0 aliphatic rings. The number of hydrogen-bond donors (Lipinski definition) is 2. The number of esters is 4. The summed E-state index contributed by atoms with van der Waals surface area (Å²) in [5, 5.41) is 13.9. The summed E-state index contributed by atoms with van der Waals surface area (Å²) in [6.45, 7) is 10.7. The minimum Gasteiger partial charge on any atom is -0.466 e. The molecule has 308 valence electrons. The standard InChI is InChI=1S/2C20H38O4.CH2O3/c2*1-3-5-7-9-11-13-17-23-19(21)15-16-20(22)24-18-14-12-10-8-6-4-2;2-1(3)4/h2*3-18H2,1-2H3;(H2,2,3,4). The molecule has 0 aromatic heterocycles. The van der Waals surface area contributed by atoms with Gasteiger partial charge in [-0.25, -0.2) is 4.79 Å². The van der Waals surface area contributed by atoms with E-state index in [2.05, 4.69) is 27.7 Å². The lowest BCUT2D eigenvalue weighted by Gasteiger charge is -2.06. The van der Waals surface area contributed by atoms with E-state index in [1.807, 2.05) is 0 Å². The Hall–Kier alpha value is -2.85. The van der Waals surface area contributed by atoms with Crippen LogP contribution >= 0.6 is 0 Å². The second kappa shape index (κ2) is 46.2. The van der Waals surface area contributed by atoms with Gasteiger partial charge in [0.2, 0.25) is 0 Å². The Labute approximate surface area is 316 Å². The van der Waals surface area contributed by atoms with Gasteiger partial charge in [0.05, 0.1) is 52.1 Å². The van der Waals surface area contributed by atoms with Crippen LogP contribution in [0.1, 0.15) is 207 Å². The third kappa shape index (κ3) is 53.9. The molecule has 0 radical (unpaired) electrons. The molecule has 0 aliphatic heterocycles. The average molecular weight is 747 g/mol. The maximum Gasteiger partial charge on any atom is 0.503 e. The van der Waals surface area contributed by atoms with Crippen LogP contribution in [0.25, 0.3) is 0 Å². The molecule has 0 saturated carbocycles. The summed E-state index contributed by atoms with van der Waals surface area (Å²) in [5.74, 6) is -1.17. The third-order valence-electron chi connectivity index (χ3n) is 8.11. The Morgan fingerprint density at radius 3 is 0.635 bits per heavy atom. The van der Waals surface area contributed by atoms with Gasteiger partial charge in [0, 0.05) is 0 Å². The zero-order valence-corrected chi connectivity index (χ0v) is 33.7. The molecule has 52 heavy (non-hydrogen) atoms. The molecular weight excluding hydrogens is 668 g/mol. The topological polar surface area (TPSA) is 163 Å². The lowest BCUT2D eigenvalue weighted by Crippen LogP contribution is -2.11. The Morgan fingerprint density at radius 2 is 0.462 bits per heavy atom. The molecule has 0 aliphatic carbocycles. The molecule has 0 bridgehead atoms. The van der Waals surface area contributed by atoms with Crippen LogP contribution in [0.5, 0.6) is 0 Å². The van der Waals surface area contributed by atoms with Crippen LogP contribution in [0.2, 0.25) is 0 Å². The summed E-state index contributed by atoms with van der Waals surface area (Å²) in [4.78, 5) is 54.7. The largest absolute Gasteiger partial charge is 0.503 e. The van der Waals surface area contributed by atoms with Gasteiger partial charge < -0.3 is 29.2 Å². The summed E-state index contributed by atoms with van der Waals surface area (Å²) >= 11 is 0. The summed E-state index contributed by atoms with van der Waals surface area (Å²) in [6.07, 6.45) is 26.7. The highest BCUT2D eigenvalue weighted by molar-refractivity contribution is 5.78. The van der Waals surface area contributed by atoms with Crippen LogP contribution < -0.4 is 0 Å². The molecule has 0 rings (SSSR count). The number of ether oxygens (including phenoxy) is 4. The van der Waals surface area contributed by atoms with Crippen molar-refractivity contribution in [3.05, 3.63) is 0 Å². The van der Waals surface area contributed by atoms with Crippen LogP contribution in [0.15, 0.2) is 0 Å². The Bertz CT molecular complexity index is 693. The zero-order chi connectivity index (χ0) is 39.3. The van der Waals surface area contributed by atoms with Crippen LogP contribution in [0.4, 0.5) is 4.79 Å². The minimum absolute atomic E-state index is 0.130. The van der Waals surface area contributed by atoms with Crippen molar-refractivity contribution in [1.29, 1.82) is 0 Å². The van der Waals surface area contributed by atoms with Crippen molar-refractivity contribution >= 4 is 30.0 Å². The minimum atomic E-state index is -1.83. The fraction of sp³-hybridized carbons (Fsp3) is 0.878. The number of carboxylic acid groups (broad SMARTS) is 2. The van der Waals surface area contributed by atoms with Crippen LogP contribution in [0.3, 0.4) is 0 Å². The monoisotopic (exact) mass is 747 g/mol. The molecule has 0 spiro atoms. The van der Waals surface area contributed by atoms with E-state index in [9.17, 15) is 19.2 Å². The molecule has 0 atom stereocenters. The molecule has 0 amide bonds. The van der Waals surface area contributed by atoms with Crippen LogP contribution in [-0.2, 0) is 38.1 Å². The van der Waals surface area contributed by atoms with E-state index in [0.717, 1.165) is 51.4 Å². The highest BCUT2D eigenvalue weighted by Crippen LogP contribution is 2.09. The van der Waals surface area contributed by atoms with Gasteiger partial charge in [0.15, 0.2) is 0 Å². The van der Waals surface area contributed by atoms with Crippen molar-refractivity contribution in [2.24, 2.45) is 0 Å². The number of carbonyl (C=O) groups excluding carboxylic acids is 4. The Morgan fingerprint density at radius 1 is 0.308 bits per heavy atom. The highest BCUT2D eigenvalue weighted by Gasteiger charge is 2.10. The third-order valence-corrected chi connectivity index (χ3v) is 8.11. The first kappa shape index (κ1) is 53.5. The fourth-order valence-corrected chi connectivity index (χ4v) is 4.97. The first-order valence-corrected chi connectivity index (χ1v) is 20.7. The van der Waals surface area contributed by atoms with E-state index in [-0.39, 0.29) is 49.6 Å². The highest BCUT2D eigenvalue weighted by atomic mass is 16.6. The van der Waals surface area contributed by atoms with Gasteiger partial charge in [-0.3, -0.25) is 19.2 Å². The predicted octanol–water partition coefficient (Wildman–Crippen LogP) is 11.4.